The molecule has 0 spiro atoms. The van der Waals surface area contributed by atoms with Gasteiger partial charge >= 0.3 is 0 Å². The summed E-state index contributed by atoms with van der Waals surface area (Å²) in [4.78, 5) is 16.5. The van der Waals surface area contributed by atoms with Crippen molar-refractivity contribution >= 4 is 55.7 Å². The van der Waals surface area contributed by atoms with Crippen LogP contribution in [-0.2, 0) is 0 Å². The van der Waals surface area contributed by atoms with Gasteiger partial charge in [-0.2, -0.15) is 0 Å². The lowest BCUT2D eigenvalue weighted by Gasteiger charge is -1.95. The Hall–Kier alpha value is -1.51. The zero-order valence-electron chi connectivity index (χ0n) is 11.2. The van der Waals surface area contributed by atoms with Crippen LogP contribution in [0.25, 0.3) is 10.2 Å². The van der Waals surface area contributed by atoms with Crippen LogP contribution in [0.15, 0.2) is 28.6 Å². The smallest absolute Gasteiger partial charge is 0.286 e. The molecule has 108 valence electrons. The lowest BCUT2D eigenvalue weighted by atomic mass is 10.3. The van der Waals surface area contributed by atoms with Gasteiger partial charge in [0.05, 0.1) is 10.2 Å². The Bertz CT molecular complexity index is 734. The zero-order chi connectivity index (χ0) is 14.7. The minimum atomic E-state index is -0.237. The van der Waals surface area contributed by atoms with E-state index in [1.54, 1.807) is 11.8 Å². The van der Waals surface area contributed by atoms with Gasteiger partial charge in [0.25, 0.3) is 5.91 Å². The summed E-state index contributed by atoms with van der Waals surface area (Å²) < 4.78 is 1.87. The number of carbonyl (C=O) groups is 1. The van der Waals surface area contributed by atoms with Crippen molar-refractivity contribution in [1.29, 1.82) is 0 Å². The van der Waals surface area contributed by atoms with Gasteiger partial charge in [-0.15, -0.1) is 21.5 Å². The van der Waals surface area contributed by atoms with E-state index >= 15 is 0 Å². The first-order valence-electron chi connectivity index (χ1n) is 6.39. The first-order valence-corrected chi connectivity index (χ1v) is 9.01. The maximum absolute atomic E-state index is 12.2. The van der Waals surface area contributed by atoms with E-state index in [1.807, 2.05) is 24.3 Å². The van der Waals surface area contributed by atoms with E-state index in [4.69, 9.17) is 0 Å². The molecule has 21 heavy (non-hydrogen) atoms. The monoisotopic (exact) mass is 336 g/mol. The molecule has 1 aromatic carbocycles. The van der Waals surface area contributed by atoms with Crippen LogP contribution in [0.1, 0.15) is 23.1 Å². The van der Waals surface area contributed by atoms with Crippen LogP contribution in [0.4, 0.5) is 5.13 Å². The van der Waals surface area contributed by atoms with Crippen molar-refractivity contribution in [3.05, 3.63) is 29.3 Å². The molecule has 5 nitrogen and oxygen atoms in total. The Morgan fingerprint density at radius 3 is 2.95 bits per heavy atom. The van der Waals surface area contributed by atoms with Crippen molar-refractivity contribution in [3.63, 3.8) is 0 Å². The molecule has 0 fully saturated rings. The fourth-order valence-corrected chi connectivity index (χ4v) is 4.16. The van der Waals surface area contributed by atoms with Gasteiger partial charge in [-0.3, -0.25) is 10.1 Å². The number of fused-ring (bicyclic) bond motifs is 1. The van der Waals surface area contributed by atoms with Crippen LogP contribution in [0.3, 0.4) is 0 Å². The number of para-hydroxylation sites is 1. The Labute approximate surface area is 133 Å². The average Bonchev–Trinajstić information content (AvgIpc) is 3.11. The summed E-state index contributed by atoms with van der Waals surface area (Å²) in [5.41, 5.74) is 0.837. The van der Waals surface area contributed by atoms with Gasteiger partial charge in [-0.25, -0.2) is 4.98 Å². The van der Waals surface area contributed by atoms with Gasteiger partial charge in [-0.1, -0.05) is 42.2 Å². The van der Waals surface area contributed by atoms with Crippen molar-refractivity contribution in [2.24, 2.45) is 0 Å². The normalized spacial score (nSPS) is 10.9. The van der Waals surface area contributed by atoms with Crippen molar-refractivity contribution in [1.82, 2.24) is 15.2 Å². The number of hydrogen-bond acceptors (Lipinski definition) is 7. The fourth-order valence-electron chi connectivity index (χ4n) is 1.63. The summed E-state index contributed by atoms with van der Waals surface area (Å²) >= 11 is 4.41. The van der Waals surface area contributed by atoms with Crippen molar-refractivity contribution in [3.8, 4) is 0 Å². The van der Waals surface area contributed by atoms with Crippen LogP contribution in [0.5, 0.6) is 0 Å². The largest absolute Gasteiger partial charge is 0.294 e. The number of hydrogen-bond donors (Lipinski definition) is 1. The van der Waals surface area contributed by atoms with Crippen LogP contribution in [0.2, 0.25) is 0 Å². The predicted molar refractivity (Wildman–Crippen MR) is 88.5 cm³/mol. The molecule has 2 heterocycles. The molecule has 2 aromatic heterocycles. The number of nitrogens with zero attached hydrogens (tertiary/aromatic N) is 3. The van der Waals surface area contributed by atoms with E-state index in [0.717, 1.165) is 26.7 Å². The standard InChI is InChI=1S/C13H12N4OS3/c1-2-7-19-13-17-16-12(21-13)15-10(18)11-14-8-5-3-4-6-9(8)20-11/h3-6H,2,7H2,1H3,(H,15,16,18). The highest BCUT2D eigenvalue weighted by Gasteiger charge is 2.14. The highest BCUT2D eigenvalue weighted by Crippen LogP contribution is 2.27. The molecule has 0 radical (unpaired) electrons. The number of nitrogens with one attached hydrogen (secondary N) is 1. The molecule has 0 saturated heterocycles. The van der Waals surface area contributed by atoms with E-state index in [0.29, 0.717) is 10.1 Å². The molecule has 8 heteroatoms. The zero-order valence-corrected chi connectivity index (χ0v) is 13.6. The highest BCUT2D eigenvalue weighted by molar-refractivity contribution is 8.01. The number of thioether (sulfide) groups is 1. The number of rotatable bonds is 5. The van der Waals surface area contributed by atoms with Crippen molar-refractivity contribution in [2.75, 3.05) is 11.1 Å². The number of amides is 1. The van der Waals surface area contributed by atoms with Gasteiger partial charge in [0.15, 0.2) is 9.35 Å². The molecule has 0 aliphatic rings. The van der Waals surface area contributed by atoms with Gasteiger partial charge in [-0.05, 0) is 18.6 Å². The quantitative estimate of drug-likeness (QED) is 0.565. The van der Waals surface area contributed by atoms with E-state index in [9.17, 15) is 4.79 Å². The van der Waals surface area contributed by atoms with E-state index < -0.39 is 0 Å². The minimum absolute atomic E-state index is 0.237. The lowest BCUT2D eigenvalue weighted by molar-refractivity contribution is 0.102. The summed E-state index contributed by atoms with van der Waals surface area (Å²) in [5.74, 6) is 0.764. The lowest BCUT2D eigenvalue weighted by Crippen LogP contribution is -2.11. The molecule has 0 aliphatic carbocycles. The Morgan fingerprint density at radius 2 is 2.14 bits per heavy atom. The molecule has 0 bridgehead atoms. The molecular weight excluding hydrogens is 324 g/mol. The number of benzene rings is 1. The average molecular weight is 336 g/mol. The third-order valence-corrected chi connectivity index (χ3v) is 5.76. The second-order valence-corrected chi connectivity index (χ2v) is 7.51. The third kappa shape index (κ3) is 3.39. The summed E-state index contributed by atoms with van der Waals surface area (Å²) in [6.45, 7) is 2.11. The topological polar surface area (TPSA) is 67.8 Å². The molecule has 1 amide bonds. The highest BCUT2D eigenvalue weighted by atomic mass is 32.2. The third-order valence-electron chi connectivity index (χ3n) is 2.54. The number of carbonyl (C=O) groups excluding carboxylic acids is 1. The van der Waals surface area contributed by atoms with Crippen LogP contribution in [0, 0.1) is 0 Å². The van der Waals surface area contributed by atoms with Crippen LogP contribution < -0.4 is 5.32 Å². The number of anilines is 1. The summed E-state index contributed by atoms with van der Waals surface area (Å²) in [6, 6.07) is 7.69. The van der Waals surface area contributed by atoms with Crippen molar-refractivity contribution in [2.45, 2.75) is 17.7 Å². The first kappa shape index (κ1) is 14.4. The van der Waals surface area contributed by atoms with Crippen molar-refractivity contribution < 1.29 is 4.79 Å². The summed E-state index contributed by atoms with van der Waals surface area (Å²) in [7, 11) is 0. The van der Waals surface area contributed by atoms with Crippen LogP contribution in [-0.4, -0.2) is 26.8 Å². The molecular formula is C13H12N4OS3. The number of thiazole rings is 1. The van der Waals surface area contributed by atoms with Crippen LogP contribution >= 0.6 is 34.4 Å². The van der Waals surface area contributed by atoms with Gasteiger partial charge in [0, 0.05) is 5.75 Å². The van der Waals surface area contributed by atoms with Gasteiger partial charge in [0.2, 0.25) is 5.13 Å². The van der Waals surface area contributed by atoms with Gasteiger partial charge in [0.1, 0.15) is 0 Å². The van der Waals surface area contributed by atoms with Gasteiger partial charge < -0.3 is 0 Å². The Morgan fingerprint density at radius 1 is 1.29 bits per heavy atom. The number of aromatic nitrogens is 3. The molecule has 3 aromatic rings. The first-order chi connectivity index (χ1) is 10.3. The molecule has 0 aliphatic heterocycles. The molecule has 0 unspecified atom stereocenters. The predicted octanol–water partition coefficient (Wildman–Crippen LogP) is 3.90. The second kappa shape index (κ2) is 6.50. The van der Waals surface area contributed by atoms with E-state index in [-0.39, 0.29) is 5.91 Å². The maximum atomic E-state index is 12.2. The molecule has 0 atom stereocenters. The Balaban J connectivity index is 1.72. The maximum Gasteiger partial charge on any atom is 0.286 e. The molecule has 1 N–H and O–H groups in total. The van der Waals surface area contributed by atoms with E-state index in [1.165, 1.54) is 22.7 Å². The summed E-state index contributed by atoms with van der Waals surface area (Å²) in [5, 5.41) is 11.7. The van der Waals surface area contributed by atoms with E-state index in [2.05, 4.69) is 27.4 Å². The fraction of sp³-hybridized carbons (Fsp3) is 0.231. The SMILES string of the molecule is CCCSc1nnc(NC(=O)c2nc3ccccc3s2)s1. The second-order valence-electron chi connectivity index (χ2n) is 4.16. The molecule has 3 rings (SSSR count). The minimum Gasteiger partial charge on any atom is -0.294 e. The molecule has 0 saturated carbocycles. The summed E-state index contributed by atoms with van der Waals surface area (Å²) in [6.07, 6.45) is 1.08. The Kier molecular flexibility index (Phi) is 4.47.